The Labute approximate surface area is 88.7 Å². The second-order valence-corrected chi connectivity index (χ2v) is 3.87. The van der Waals surface area contributed by atoms with Crippen molar-refractivity contribution in [2.75, 3.05) is 13.1 Å². The van der Waals surface area contributed by atoms with Crippen LogP contribution in [-0.2, 0) is 0 Å². The Morgan fingerprint density at radius 2 is 2.07 bits per heavy atom. The van der Waals surface area contributed by atoms with E-state index in [0.717, 1.165) is 25.9 Å². The molecule has 1 aliphatic rings. The molecule has 0 bridgehead atoms. The SMILES string of the molecule is N#Cc1ccc(F)c(C2CCNCC2)c1. The van der Waals surface area contributed by atoms with Gasteiger partial charge in [0.05, 0.1) is 11.6 Å². The van der Waals surface area contributed by atoms with Crippen LogP contribution in [0.15, 0.2) is 18.2 Å². The molecule has 1 N–H and O–H groups in total. The van der Waals surface area contributed by atoms with Gasteiger partial charge >= 0.3 is 0 Å². The first-order valence-corrected chi connectivity index (χ1v) is 5.21. The number of halogens is 1. The number of rotatable bonds is 1. The zero-order chi connectivity index (χ0) is 10.7. The van der Waals surface area contributed by atoms with Crippen molar-refractivity contribution in [3.05, 3.63) is 35.1 Å². The van der Waals surface area contributed by atoms with E-state index in [2.05, 4.69) is 11.4 Å². The molecule has 0 aliphatic carbocycles. The fraction of sp³-hybridized carbons (Fsp3) is 0.417. The van der Waals surface area contributed by atoms with Crippen molar-refractivity contribution < 1.29 is 4.39 Å². The van der Waals surface area contributed by atoms with Gasteiger partial charge in [-0.15, -0.1) is 0 Å². The van der Waals surface area contributed by atoms with Crippen LogP contribution in [0.4, 0.5) is 4.39 Å². The van der Waals surface area contributed by atoms with Crippen molar-refractivity contribution in [1.82, 2.24) is 5.32 Å². The smallest absolute Gasteiger partial charge is 0.126 e. The number of piperidine rings is 1. The van der Waals surface area contributed by atoms with Crippen LogP contribution < -0.4 is 5.32 Å². The van der Waals surface area contributed by atoms with Crippen molar-refractivity contribution >= 4 is 0 Å². The summed E-state index contributed by atoms with van der Waals surface area (Å²) < 4.78 is 13.6. The highest BCUT2D eigenvalue weighted by atomic mass is 19.1. The predicted octanol–water partition coefficient (Wildman–Crippen LogP) is 2.16. The molecule has 0 aromatic heterocycles. The molecular weight excluding hydrogens is 191 g/mol. The molecule has 0 saturated carbocycles. The molecule has 2 nitrogen and oxygen atoms in total. The van der Waals surface area contributed by atoms with Crippen LogP contribution in [0, 0.1) is 17.1 Å². The first-order valence-electron chi connectivity index (χ1n) is 5.21. The van der Waals surface area contributed by atoms with Crippen LogP contribution >= 0.6 is 0 Å². The summed E-state index contributed by atoms with van der Waals surface area (Å²) in [6, 6.07) is 6.66. The maximum Gasteiger partial charge on any atom is 0.126 e. The highest BCUT2D eigenvalue weighted by Crippen LogP contribution is 2.27. The third-order valence-electron chi connectivity index (χ3n) is 2.90. The molecule has 1 saturated heterocycles. The summed E-state index contributed by atoms with van der Waals surface area (Å²) in [5.41, 5.74) is 1.25. The first kappa shape index (κ1) is 10.1. The zero-order valence-electron chi connectivity index (χ0n) is 8.46. The summed E-state index contributed by atoms with van der Waals surface area (Å²) in [6.45, 7) is 1.86. The molecule has 1 aromatic carbocycles. The molecule has 15 heavy (non-hydrogen) atoms. The molecule has 0 spiro atoms. The summed E-state index contributed by atoms with van der Waals surface area (Å²) in [5.74, 6) is 0.0838. The predicted molar refractivity (Wildman–Crippen MR) is 56.0 cm³/mol. The second-order valence-electron chi connectivity index (χ2n) is 3.87. The summed E-state index contributed by atoms with van der Waals surface area (Å²) in [5, 5.41) is 12.0. The Morgan fingerprint density at radius 1 is 1.33 bits per heavy atom. The van der Waals surface area contributed by atoms with Gasteiger partial charge in [-0.25, -0.2) is 4.39 Å². The summed E-state index contributed by atoms with van der Waals surface area (Å²) in [6.07, 6.45) is 1.90. The van der Waals surface area contributed by atoms with E-state index in [-0.39, 0.29) is 11.7 Å². The van der Waals surface area contributed by atoms with Crippen LogP contribution in [0.25, 0.3) is 0 Å². The molecule has 0 amide bonds. The van der Waals surface area contributed by atoms with Crippen molar-refractivity contribution in [2.24, 2.45) is 0 Å². The highest BCUT2D eigenvalue weighted by Gasteiger charge is 2.18. The molecule has 1 aromatic rings. The Balaban J connectivity index is 2.29. The van der Waals surface area contributed by atoms with Gasteiger partial charge in [0.1, 0.15) is 5.82 Å². The van der Waals surface area contributed by atoms with E-state index < -0.39 is 0 Å². The maximum absolute atomic E-state index is 13.6. The third-order valence-corrected chi connectivity index (χ3v) is 2.90. The maximum atomic E-state index is 13.6. The van der Waals surface area contributed by atoms with E-state index in [1.54, 1.807) is 6.07 Å². The minimum atomic E-state index is -0.180. The monoisotopic (exact) mass is 204 g/mol. The van der Waals surface area contributed by atoms with Crippen molar-refractivity contribution in [3.8, 4) is 6.07 Å². The van der Waals surface area contributed by atoms with E-state index in [1.807, 2.05) is 0 Å². The second kappa shape index (κ2) is 4.41. The van der Waals surface area contributed by atoms with Crippen molar-refractivity contribution in [1.29, 1.82) is 5.26 Å². The van der Waals surface area contributed by atoms with Gasteiger partial charge in [-0.3, -0.25) is 0 Å². The largest absolute Gasteiger partial charge is 0.317 e. The zero-order valence-corrected chi connectivity index (χ0v) is 8.46. The number of hydrogen-bond acceptors (Lipinski definition) is 2. The summed E-state index contributed by atoms with van der Waals surface area (Å²) in [7, 11) is 0. The normalized spacial score (nSPS) is 17.3. The number of nitriles is 1. The van der Waals surface area contributed by atoms with Gasteiger partial charge in [0.2, 0.25) is 0 Å². The van der Waals surface area contributed by atoms with Crippen molar-refractivity contribution in [3.63, 3.8) is 0 Å². The van der Waals surface area contributed by atoms with Gasteiger partial charge in [0, 0.05) is 0 Å². The third kappa shape index (κ3) is 2.16. The summed E-state index contributed by atoms with van der Waals surface area (Å²) >= 11 is 0. The topological polar surface area (TPSA) is 35.8 Å². The van der Waals surface area contributed by atoms with Crippen LogP contribution in [-0.4, -0.2) is 13.1 Å². The molecule has 1 fully saturated rings. The molecule has 0 radical (unpaired) electrons. The van der Waals surface area contributed by atoms with Gasteiger partial charge in [0.25, 0.3) is 0 Å². The van der Waals surface area contributed by atoms with E-state index in [9.17, 15) is 4.39 Å². The van der Waals surface area contributed by atoms with Gasteiger partial charge in [-0.2, -0.15) is 5.26 Å². The average molecular weight is 204 g/mol. The lowest BCUT2D eigenvalue weighted by Crippen LogP contribution is -2.27. The lowest BCUT2D eigenvalue weighted by molar-refractivity contribution is 0.445. The molecular formula is C12H13FN2. The average Bonchev–Trinajstić information content (AvgIpc) is 2.31. The van der Waals surface area contributed by atoms with Gasteiger partial charge in [-0.05, 0) is 55.6 Å². The lowest BCUT2D eigenvalue weighted by Gasteiger charge is -2.23. The fourth-order valence-corrected chi connectivity index (χ4v) is 2.06. The fourth-order valence-electron chi connectivity index (χ4n) is 2.06. The van der Waals surface area contributed by atoms with Gasteiger partial charge in [0.15, 0.2) is 0 Å². The molecule has 1 aliphatic heterocycles. The van der Waals surface area contributed by atoms with Crippen LogP contribution in [0.3, 0.4) is 0 Å². The molecule has 2 rings (SSSR count). The number of nitrogens with one attached hydrogen (secondary N) is 1. The molecule has 78 valence electrons. The van der Waals surface area contributed by atoms with Crippen LogP contribution in [0.1, 0.15) is 29.9 Å². The van der Waals surface area contributed by atoms with E-state index >= 15 is 0 Å². The Kier molecular flexibility index (Phi) is 2.98. The number of nitrogens with zero attached hydrogens (tertiary/aromatic N) is 1. The summed E-state index contributed by atoms with van der Waals surface area (Å²) in [4.78, 5) is 0. The Morgan fingerprint density at radius 3 is 2.73 bits per heavy atom. The molecule has 1 heterocycles. The quantitative estimate of drug-likeness (QED) is 0.761. The standard InChI is InChI=1S/C12H13FN2/c13-12-2-1-9(8-14)7-11(12)10-3-5-15-6-4-10/h1-2,7,10,15H,3-6H2. The Bertz CT molecular complexity index is 389. The number of benzene rings is 1. The van der Waals surface area contributed by atoms with Gasteiger partial charge < -0.3 is 5.32 Å². The van der Waals surface area contributed by atoms with Crippen molar-refractivity contribution in [2.45, 2.75) is 18.8 Å². The minimum absolute atomic E-state index is 0.180. The first-order chi connectivity index (χ1) is 7.31. The number of hydrogen-bond donors (Lipinski definition) is 1. The van der Waals surface area contributed by atoms with Crippen LogP contribution in [0.2, 0.25) is 0 Å². The molecule has 3 heteroatoms. The highest BCUT2D eigenvalue weighted by molar-refractivity contribution is 5.35. The molecule has 0 atom stereocenters. The van der Waals surface area contributed by atoms with E-state index in [1.165, 1.54) is 12.1 Å². The Hall–Kier alpha value is -1.40. The molecule has 0 unspecified atom stereocenters. The van der Waals surface area contributed by atoms with Crippen LogP contribution in [0.5, 0.6) is 0 Å². The van der Waals surface area contributed by atoms with E-state index in [4.69, 9.17) is 5.26 Å². The van der Waals surface area contributed by atoms with E-state index in [0.29, 0.717) is 11.1 Å². The van der Waals surface area contributed by atoms with Gasteiger partial charge in [-0.1, -0.05) is 0 Å². The lowest BCUT2D eigenvalue weighted by atomic mass is 9.89. The minimum Gasteiger partial charge on any atom is -0.317 e.